The van der Waals surface area contributed by atoms with Gasteiger partial charge in [-0.2, -0.15) is 0 Å². The Morgan fingerprint density at radius 2 is 2.17 bits per heavy atom. The molecule has 1 atom stereocenters. The first kappa shape index (κ1) is 15.4. The van der Waals surface area contributed by atoms with E-state index >= 15 is 0 Å². The van der Waals surface area contributed by atoms with Gasteiger partial charge >= 0.3 is 0 Å². The van der Waals surface area contributed by atoms with E-state index in [1.165, 1.54) is 5.56 Å². The minimum Gasteiger partial charge on any atom is -0.496 e. The molecule has 0 spiro atoms. The second kappa shape index (κ2) is 7.74. The van der Waals surface area contributed by atoms with Crippen molar-refractivity contribution < 1.29 is 4.74 Å². The molecule has 1 aromatic carbocycles. The number of rotatable bonds is 7. The number of nitrogens with one attached hydrogen (secondary N) is 1. The van der Waals surface area contributed by atoms with Crippen LogP contribution >= 0.6 is 15.9 Å². The number of hydrogen-bond acceptors (Lipinski definition) is 4. The number of halogens is 1. The van der Waals surface area contributed by atoms with Gasteiger partial charge in [0.05, 0.1) is 11.6 Å². The summed E-state index contributed by atoms with van der Waals surface area (Å²) in [7, 11) is 5.80. The van der Waals surface area contributed by atoms with Crippen molar-refractivity contribution in [3.63, 3.8) is 0 Å². The first-order valence-electron chi connectivity index (χ1n) is 6.00. The van der Waals surface area contributed by atoms with Crippen molar-refractivity contribution in [3.05, 3.63) is 28.2 Å². The molecule has 1 rings (SSSR count). The predicted octanol–water partition coefficient (Wildman–Crippen LogP) is 1.78. The molecule has 1 aromatic rings. The molecule has 5 heteroatoms. The molecule has 0 fully saturated rings. The molecule has 0 bridgehead atoms. The van der Waals surface area contributed by atoms with E-state index in [4.69, 9.17) is 10.6 Å². The van der Waals surface area contributed by atoms with Crippen LogP contribution in [-0.2, 0) is 6.42 Å². The molecule has 0 aromatic heterocycles. The minimum atomic E-state index is 0.285. The van der Waals surface area contributed by atoms with Crippen molar-refractivity contribution >= 4 is 15.9 Å². The second-order valence-electron chi connectivity index (χ2n) is 4.63. The summed E-state index contributed by atoms with van der Waals surface area (Å²) in [6, 6.07) is 6.41. The van der Waals surface area contributed by atoms with Crippen LogP contribution in [0.15, 0.2) is 22.7 Å². The van der Waals surface area contributed by atoms with Crippen LogP contribution in [0.5, 0.6) is 5.75 Å². The smallest absolute Gasteiger partial charge is 0.133 e. The first-order chi connectivity index (χ1) is 8.56. The molecule has 1 unspecified atom stereocenters. The SMILES string of the molecule is COc1ccc(CC(CCN(C)C)NN)cc1Br. The maximum Gasteiger partial charge on any atom is 0.133 e. The molecule has 0 aliphatic rings. The lowest BCUT2D eigenvalue weighted by Crippen LogP contribution is -2.38. The largest absolute Gasteiger partial charge is 0.496 e. The highest BCUT2D eigenvalue weighted by Gasteiger charge is 2.09. The molecule has 0 amide bonds. The maximum absolute atomic E-state index is 5.60. The first-order valence-corrected chi connectivity index (χ1v) is 6.79. The lowest BCUT2D eigenvalue weighted by molar-refractivity contribution is 0.358. The Balaban J connectivity index is 2.61. The van der Waals surface area contributed by atoms with Crippen molar-refractivity contribution in [1.29, 1.82) is 0 Å². The Hall–Kier alpha value is -0.620. The van der Waals surface area contributed by atoms with Crippen LogP contribution in [-0.4, -0.2) is 38.7 Å². The number of nitrogens with two attached hydrogens (primary N) is 1. The monoisotopic (exact) mass is 315 g/mol. The Bertz CT molecular complexity index is 371. The summed E-state index contributed by atoms with van der Waals surface area (Å²) < 4.78 is 6.19. The van der Waals surface area contributed by atoms with E-state index < -0.39 is 0 Å². The summed E-state index contributed by atoms with van der Waals surface area (Å²) in [5, 5.41) is 0. The summed E-state index contributed by atoms with van der Waals surface area (Å²) in [6.07, 6.45) is 1.93. The quantitative estimate of drug-likeness (QED) is 0.595. The lowest BCUT2D eigenvalue weighted by Gasteiger charge is -2.18. The Kier molecular flexibility index (Phi) is 6.63. The van der Waals surface area contributed by atoms with Gasteiger partial charge < -0.3 is 9.64 Å². The van der Waals surface area contributed by atoms with Crippen LogP contribution < -0.4 is 16.0 Å². The highest BCUT2D eigenvalue weighted by atomic mass is 79.9. The lowest BCUT2D eigenvalue weighted by atomic mass is 10.0. The molecule has 4 nitrogen and oxygen atoms in total. The van der Waals surface area contributed by atoms with Crippen LogP contribution in [0.2, 0.25) is 0 Å². The number of nitrogens with zero attached hydrogens (tertiary/aromatic N) is 1. The van der Waals surface area contributed by atoms with Crippen molar-refractivity contribution in [3.8, 4) is 5.75 Å². The fourth-order valence-corrected chi connectivity index (χ4v) is 2.37. The molecule has 0 heterocycles. The number of benzene rings is 1. The van der Waals surface area contributed by atoms with E-state index in [0.717, 1.165) is 29.6 Å². The van der Waals surface area contributed by atoms with Crippen molar-refractivity contribution in [2.45, 2.75) is 18.9 Å². The minimum absolute atomic E-state index is 0.285. The summed E-state index contributed by atoms with van der Waals surface area (Å²) >= 11 is 3.50. The molecular formula is C13H22BrN3O. The summed E-state index contributed by atoms with van der Waals surface area (Å²) in [5.41, 5.74) is 4.12. The Morgan fingerprint density at radius 3 is 2.67 bits per heavy atom. The van der Waals surface area contributed by atoms with Crippen LogP contribution in [0.3, 0.4) is 0 Å². The highest BCUT2D eigenvalue weighted by Crippen LogP contribution is 2.26. The van der Waals surface area contributed by atoms with Gasteiger partial charge in [0.15, 0.2) is 0 Å². The van der Waals surface area contributed by atoms with E-state index in [9.17, 15) is 0 Å². The third-order valence-electron chi connectivity index (χ3n) is 2.86. The third-order valence-corrected chi connectivity index (χ3v) is 3.48. The van der Waals surface area contributed by atoms with Gasteiger partial charge in [0, 0.05) is 6.04 Å². The molecule has 0 saturated carbocycles. The number of hydrogen-bond donors (Lipinski definition) is 2. The van der Waals surface area contributed by atoms with E-state index in [1.54, 1.807) is 7.11 Å². The van der Waals surface area contributed by atoms with Gasteiger partial charge in [-0.05, 0) is 67.1 Å². The van der Waals surface area contributed by atoms with Crippen LogP contribution in [0.1, 0.15) is 12.0 Å². The Morgan fingerprint density at radius 1 is 1.44 bits per heavy atom. The molecule has 18 heavy (non-hydrogen) atoms. The zero-order valence-corrected chi connectivity index (χ0v) is 12.8. The molecule has 0 saturated heterocycles. The number of hydrazine groups is 1. The van der Waals surface area contributed by atoms with E-state index in [1.807, 2.05) is 6.07 Å². The van der Waals surface area contributed by atoms with Gasteiger partial charge in [0.2, 0.25) is 0 Å². The normalized spacial score (nSPS) is 12.8. The van der Waals surface area contributed by atoms with E-state index in [0.29, 0.717) is 0 Å². The number of ether oxygens (including phenoxy) is 1. The fraction of sp³-hybridized carbons (Fsp3) is 0.538. The Labute approximate surface area is 118 Å². The van der Waals surface area contributed by atoms with E-state index in [2.05, 4.69) is 52.5 Å². The second-order valence-corrected chi connectivity index (χ2v) is 5.48. The van der Waals surface area contributed by atoms with Gasteiger partial charge in [-0.3, -0.25) is 11.3 Å². The predicted molar refractivity (Wildman–Crippen MR) is 78.7 cm³/mol. The van der Waals surface area contributed by atoms with Crippen molar-refractivity contribution in [1.82, 2.24) is 10.3 Å². The van der Waals surface area contributed by atoms with Crippen molar-refractivity contribution in [2.75, 3.05) is 27.7 Å². The van der Waals surface area contributed by atoms with Gasteiger partial charge in [-0.25, -0.2) is 0 Å². The van der Waals surface area contributed by atoms with Gasteiger partial charge in [-0.1, -0.05) is 6.07 Å². The van der Waals surface area contributed by atoms with Crippen LogP contribution in [0.4, 0.5) is 0 Å². The summed E-state index contributed by atoms with van der Waals surface area (Å²) in [5.74, 6) is 6.45. The molecule has 3 N–H and O–H groups in total. The van der Waals surface area contributed by atoms with Gasteiger partial charge in [0.1, 0.15) is 5.75 Å². The summed E-state index contributed by atoms with van der Waals surface area (Å²) in [6.45, 7) is 1.02. The molecule has 102 valence electrons. The fourth-order valence-electron chi connectivity index (χ4n) is 1.78. The molecule has 0 aliphatic carbocycles. The summed E-state index contributed by atoms with van der Waals surface area (Å²) in [4.78, 5) is 2.16. The van der Waals surface area contributed by atoms with Gasteiger partial charge in [0.25, 0.3) is 0 Å². The zero-order valence-electron chi connectivity index (χ0n) is 11.2. The standard InChI is InChI=1S/C13H22BrN3O/c1-17(2)7-6-11(16-15)8-10-4-5-13(18-3)12(14)9-10/h4-5,9,11,16H,6-8,15H2,1-3H3. The van der Waals surface area contributed by atoms with Gasteiger partial charge in [-0.15, -0.1) is 0 Å². The van der Waals surface area contributed by atoms with Crippen LogP contribution in [0, 0.1) is 0 Å². The number of methoxy groups -OCH3 is 1. The highest BCUT2D eigenvalue weighted by molar-refractivity contribution is 9.10. The molecule has 0 aliphatic heterocycles. The van der Waals surface area contributed by atoms with E-state index in [-0.39, 0.29) is 6.04 Å². The average Bonchev–Trinajstić information content (AvgIpc) is 2.34. The molecule has 0 radical (unpaired) electrons. The van der Waals surface area contributed by atoms with Crippen LogP contribution in [0.25, 0.3) is 0 Å². The van der Waals surface area contributed by atoms with Crippen molar-refractivity contribution in [2.24, 2.45) is 5.84 Å². The average molecular weight is 316 g/mol. The third kappa shape index (κ3) is 4.94. The maximum atomic E-state index is 5.60. The topological polar surface area (TPSA) is 50.5 Å². The molecular weight excluding hydrogens is 294 g/mol. The zero-order chi connectivity index (χ0) is 13.5.